The highest BCUT2D eigenvalue weighted by molar-refractivity contribution is 6.32. The predicted molar refractivity (Wildman–Crippen MR) is 69.6 cm³/mol. The van der Waals surface area contributed by atoms with E-state index >= 15 is 0 Å². The van der Waals surface area contributed by atoms with Crippen molar-refractivity contribution in [3.8, 4) is 0 Å². The van der Waals surface area contributed by atoms with E-state index < -0.39 is 29.0 Å². The summed E-state index contributed by atoms with van der Waals surface area (Å²) in [6.07, 6.45) is 2.24. The van der Waals surface area contributed by atoms with E-state index in [0.717, 1.165) is 17.2 Å². The maximum Gasteiger partial charge on any atom is 0.323 e. The van der Waals surface area contributed by atoms with Crippen LogP contribution in [0.5, 0.6) is 0 Å². The van der Waals surface area contributed by atoms with Crippen LogP contribution in [0.25, 0.3) is 0 Å². The van der Waals surface area contributed by atoms with Crippen LogP contribution in [-0.4, -0.2) is 44.9 Å². The van der Waals surface area contributed by atoms with Crippen LogP contribution in [0, 0.1) is 10.1 Å². The molecule has 1 aromatic rings. The molecule has 0 fully saturated rings. The number of carboxylic acid groups (broad SMARTS) is 1. The summed E-state index contributed by atoms with van der Waals surface area (Å²) in [7, 11) is 0. The topological polar surface area (TPSA) is 114 Å². The molecule has 8 nitrogen and oxygen atoms in total. The number of nitro groups is 1. The molecule has 0 aliphatic heterocycles. The lowest BCUT2D eigenvalue weighted by Gasteiger charge is -2.18. The Labute approximate surface area is 118 Å². The lowest BCUT2D eigenvalue weighted by atomic mass is 10.2. The first-order chi connectivity index (χ1) is 9.36. The first kappa shape index (κ1) is 15.6. The second-order valence-electron chi connectivity index (χ2n) is 3.66. The molecule has 0 aliphatic rings. The van der Waals surface area contributed by atoms with Gasteiger partial charge in [-0.15, -0.1) is 6.58 Å². The van der Waals surface area contributed by atoms with Gasteiger partial charge >= 0.3 is 5.97 Å². The van der Waals surface area contributed by atoms with Crippen LogP contribution in [-0.2, 0) is 4.79 Å². The Morgan fingerprint density at radius 3 is 2.75 bits per heavy atom. The van der Waals surface area contributed by atoms with E-state index in [0.29, 0.717) is 0 Å². The summed E-state index contributed by atoms with van der Waals surface area (Å²) in [4.78, 5) is 37.2. The van der Waals surface area contributed by atoms with Gasteiger partial charge in [0, 0.05) is 12.6 Å². The van der Waals surface area contributed by atoms with E-state index in [1.807, 2.05) is 0 Å². The molecule has 0 saturated carbocycles. The summed E-state index contributed by atoms with van der Waals surface area (Å²) < 4.78 is 0. The lowest BCUT2D eigenvalue weighted by molar-refractivity contribution is -0.385. The van der Waals surface area contributed by atoms with Gasteiger partial charge in [0.25, 0.3) is 11.6 Å². The van der Waals surface area contributed by atoms with Gasteiger partial charge in [-0.3, -0.25) is 19.7 Å². The van der Waals surface area contributed by atoms with Crippen molar-refractivity contribution in [1.29, 1.82) is 0 Å². The zero-order valence-electron chi connectivity index (χ0n) is 10.2. The number of aliphatic carboxylic acids is 1. The second-order valence-corrected chi connectivity index (χ2v) is 4.02. The fraction of sp³-hybridized carbons (Fsp3) is 0.182. The number of hydrogen-bond acceptors (Lipinski definition) is 5. The van der Waals surface area contributed by atoms with E-state index in [-0.39, 0.29) is 17.3 Å². The molecule has 9 heteroatoms. The van der Waals surface area contributed by atoms with E-state index in [1.54, 1.807) is 0 Å². The first-order valence-electron chi connectivity index (χ1n) is 5.28. The van der Waals surface area contributed by atoms with Crippen LogP contribution in [0.15, 0.2) is 24.9 Å². The zero-order chi connectivity index (χ0) is 15.3. The molecule has 20 heavy (non-hydrogen) atoms. The molecule has 1 N–H and O–H groups in total. The Bertz CT molecular complexity index is 575. The molecule has 1 heterocycles. The van der Waals surface area contributed by atoms with Crippen molar-refractivity contribution in [2.75, 3.05) is 13.1 Å². The molecule has 0 unspecified atom stereocenters. The molecule has 106 valence electrons. The van der Waals surface area contributed by atoms with Crippen molar-refractivity contribution in [3.63, 3.8) is 0 Å². The smallest absolute Gasteiger partial charge is 0.323 e. The predicted octanol–water partition coefficient (Wildman–Crippen LogP) is 1.36. The number of carbonyl (C=O) groups excluding carboxylic acids is 1. The van der Waals surface area contributed by atoms with Crippen LogP contribution < -0.4 is 0 Å². The molecule has 1 amide bonds. The van der Waals surface area contributed by atoms with Crippen LogP contribution in [0.4, 0.5) is 5.69 Å². The van der Waals surface area contributed by atoms with Gasteiger partial charge in [0.15, 0.2) is 0 Å². The van der Waals surface area contributed by atoms with Crippen LogP contribution in [0.2, 0.25) is 5.15 Å². The second kappa shape index (κ2) is 6.62. The number of rotatable bonds is 6. The third-order valence-corrected chi connectivity index (χ3v) is 2.53. The van der Waals surface area contributed by atoms with E-state index in [4.69, 9.17) is 16.7 Å². The van der Waals surface area contributed by atoms with Gasteiger partial charge in [-0.1, -0.05) is 17.7 Å². The first-order valence-corrected chi connectivity index (χ1v) is 5.66. The van der Waals surface area contributed by atoms with Gasteiger partial charge in [-0.25, -0.2) is 4.98 Å². The number of aromatic nitrogens is 1. The highest BCUT2D eigenvalue weighted by atomic mass is 35.5. The van der Waals surface area contributed by atoms with Crippen molar-refractivity contribution in [3.05, 3.63) is 45.7 Å². The third kappa shape index (κ3) is 3.75. The molecular weight excluding hydrogens is 290 g/mol. The summed E-state index contributed by atoms with van der Waals surface area (Å²) >= 11 is 5.72. The molecule has 1 rings (SSSR count). The summed E-state index contributed by atoms with van der Waals surface area (Å²) in [5, 5.41) is 19.1. The normalized spacial score (nSPS) is 9.85. The van der Waals surface area contributed by atoms with E-state index in [1.165, 1.54) is 6.08 Å². The van der Waals surface area contributed by atoms with E-state index in [2.05, 4.69) is 11.6 Å². The van der Waals surface area contributed by atoms with Gasteiger partial charge in [0.2, 0.25) is 0 Å². The summed E-state index contributed by atoms with van der Waals surface area (Å²) in [5.41, 5.74) is -0.643. The molecule has 0 atom stereocenters. The Kier molecular flexibility index (Phi) is 5.15. The molecular formula is C11H10ClN3O5. The fourth-order valence-electron chi connectivity index (χ4n) is 1.40. The average Bonchev–Trinajstić information content (AvgIpc) is 2.37. The van der Waals surface area contributed by atoms with Crippen molar-refractivity contribution < 1.29 is 19.6 Å². The molecule has 1 aromatic heterocycles. The minimum Gasteiger partial charge on any atom is -0.480 e. The molecule has 0 spiro atoms. The van der Waals surface area contributed by atoms with Gasteiger partial charge in [-0.2, -0.15) is 0 Å². The van der Waals surface area contributed by atoms with Gasteiger partial charge in [0.05, 0.1) is 10.5 Å². The number of carboxylic acids is 1. The number of halogens is 1. The molecule has 0 radical (unpaired) electrons. The Morgan fingerprint density at radius 2 is 2.25 bits per heavy atom. The van der Waals surface area contributed by atoms with Gasteiger partial charge < -0.3 is 10.0 Å². The lowest BCUT2D eigenvalue weighted by Crippen LogP contribution is -2.36. The Morgan fingerprint density at radius 1 is 1.60 bits per heavy atom. The fourth-order valence-corrected chi connectivity index (χ4v) is 1.58. The monoisotopic (exact) mass is 299 g/mol. The summed E-state index contributed by atoms with van der Waals surface area (Å²) in [6, 6.07) is 0.954. The molecule has 0 bridgehead atoms. The van der Waals surface area contributed by atoms with Crippen molar-refractivity contribution in [2.45, 2.75) is 0 Å². The van der Waals surface area contributed by atoms with Gasteiger partial charge in [-0.05, 0) is 0 Å². The Balaban J connectivity index is 3.16. The quantitative estimate of drug-likeness (QED) is 0.367. The van der Waals surface area contributed by atoms with Crippen LogP contribution in [0.1, 0.15) is 10.4 Å². The number of carbonyl (C=O) groups is 2. The minimum absolute atomic E-state index is 0.0375. The molecule has 0 aromatic carbocycles. The van der Waals surface area contributed by atoms with Crippen molar-refractivity contribution >= 4 is 29.2 Å². The largest absolute Gasteiger partial charge is 0.480 e. The molecule has 0 saturated heterocycles. The highest BCUT2D eigenvalue weighted by Crippen LogP contribution is 2.20. The zero-order valence-corrected chi connectivity index (χ0v) is 10.9. The van der Waals surface area contributed by atoms with Crippen molar-refractivity contribution in [2.24, 2.45) is 0 Å². The Hall–Kier alpha value is -2.48. The van der Waals surface area contributed by atoms with Crippen molar-refractivity contribution in [1.82, 2.24) is 9.88 Å². The maximum atomic E-state index is 12.1. The summed E-state index contributed by atoms with van der Waals surface area (Å²) in [5.74, 6) is -2.00. The number of nitrogens with zero attached hydrogens (tertiary/aromatic N) is 3. The summed E-state index contributed by atoms with van der Waals surface area (Å²) in [6.45, 7) is 2.79. The van der Waals surface area contributed by atoms with Crippen LogP contribution in [0.3, 0.4) is 0 Å². The highest BCUT2D eigenvalue weighted by Gasteiger charge is 2.23. The number of pyridine rings is 1. The van der Waals surface area contributed by atoms with E-state index in [9.17, 15) is 19.7 Å². The van der Waals surface area contributed by atoms with Crippen LogP contribution >= 0.6 is 11.6 Å². The number of amides is 1. The molecule has 0 aliphatic carbocycles. The maximum absolute atomic E-state index is 12.1. The third-order valence-electron chi connectivity index (χ3n) is 2.23. The SMILES string of the molecule is C=CCN(CC(=O)O)C(=O)c1cc([N+](=O)[O-])cnc1Cl. The standard InChI is InChI=1S/C11H10ClN3O5/c1-2-3-14(6-9(16)17)11(18)8-4-7(15(19)20)5-13-10(8)12/h2,4-5H,1,3,6H2,(H,16,17). The minimum atomic E-state index is -1.23. The average molecular weight is 300 g/mol. The number of hydrogen-bond donors (Lipinski definition) is 1. The van der Waals surface area contributed by atoms with Gasteiger partial charge in [0.1, 0.15) is 17.9 Å².